The van der Waals surface area contributed by atoms with Crippen molar-refractivity contribution in [2.75, 3.05) is 0 Å². The van der Waals surface area contributed by atoms with Crippen molar-refractivity contribution in [1.82, 2.24) is 0 Å². The molecule has 0 nitrogen and oxygen atoms in total. The molecule has 0 radical (unpaired) electrons. The molecule has 3 saturated carbocycles. The molecule has 3 aliphatic rings. The molecule has 0 aromatic heterocycles. The third-order valence-corrected chi connectivity index (χ3v) is 7.94. The molecule has 4 atom stereocenters. The van der Waals surface area contributed by atoms with Gasteiger partial charge in [0, 0.05) is 15.9 Å². The van der Waals surface area contributed by atoms with Crippen LogP contribution in [0, 0.1) is 17.3 Å². The summed E-state index contributed by atoms with van der Waals surface area (Å²) >= 11 is 6.17. The minimum absolute atomic E-state index is 0.313. The summed E-state index contributed by atoms with van der Waals surface area (Å²) in [6.45, 7) is 5.01. The maximum absolute atomic E-state index is 6.17. The molecule has 2 aromatic rings. The predicted octanol–water partition coefficient (Wildman–Crippen LogP) is 5.99. The Morgan fingerprint density at radius 1 is 0.783 bits per heavy atom. The average molecular weight is 323 g/mol. The Balaban J connectivity index is 1.75. The van der Waals surface area contributed by atoms with Crippen LogP contribution in [0.1, 0.15) is 44.2 Å². The van der Waals surface area contributed by atoms with Crippen molar-refractivity contribution < 1.29 is 0 Å². The molecule has 23 heavy (non-hydrogen) atoms. The van der Waals surface area contributed by atoms with Gasteiger partial charge in [-0.05, 0) is 53.4 Å². The molecule has 1 heteroatoms. The lowest BCUT2D eigenvalue weighted by molar-refractivity contribution is 0.120. The van der Waals surface area contributed by atoms with Gasteiger partial charge in [-0.15, -0.1) is 0 Å². The third kappa shape index (κ3) is 1.27. The van der Waals surface area contributed by atoms with E-state index >= 15 is 0 Å². The van der Waals surface area contributed by atoms with Gasteiger partial charge in [0.25, 0.3) is 0 Å². The maximum atomic E-state index is 6.17. The molecule has 0 unspecified atom stereocenters. The first kappa shape index (κ1) is 14.1. The van der Waals surface area contributed by atoms with E-state index in [0.29, 0.717) is 16.2 Å². The Labute approximate surface area is 143 Å². The predicted molar refractivity (Wildman–Crippen MR) is 95.9 cm³/mol. The zero-order chi connectivity index (χ0) is 15.9. The van der Waals surface area contributed by atoms with Crippen LogP contribution in [0.2, 0.25) is 5.02 Å². The second kappa shape index (κ2) is 4.22. The van der Waals surface area contributed by atoms with Crippen LogP contribution in [0.4, 0.5) is 0 Å². The second-order valence-corrected chi connectivity index (χ2v) is 8.69. The highest BCUT2D eigenvalue weighted by molar-refractivity contribution is 6.30. The highest BCUT2D eigenvalue weighted by atomic mass is 35.5. The summed E-state index contributed by atoms with van der Waals surface area (Å²) in [6, 6.07) is 20.1. The van der Waals surface area contributed by atoms with Crippen molar-refractivity contribution in [3.8, 4) is 0 Å². The van der Waals surface area contributed by atoms with E-state index in [1.807, 2.05) is 0 Å². The number of rotatable bonds is 2. The van der Waals surface area contributed by atoms with Crippen molar-refractivity contribution in [3.63, 3.8) is 0 Å². The van der Waals surface area contributed by atoms with Gasteiger partial charge in [-0.2, -0.15) is 0 Å². The molecule has 3 fully saturated rings. The van der Waals surface area contributed by atoms with E-state index in [4.69, 9.17) is 11.6 Å². The van der Waals surface area contributed by atoms with E-state index in [1.54, 1.807) is 5.56 Å². The van der Waals surface area contributed by atoms with Crippen LogP contribution in [0.3, 0.4) is 0 Å². The van der Waals surface area contributed by atoms with E-state index in [-0.39, 0.29) is 0 Å². The van der Waals surface area contributed by atoms with Gasteiger partial charge in [0.15, 0.2) is 0 Å². The molecular weight excluding hydrogens is 300 g/mol. The molecule has 3 aliphatic carbocycles. The van der Waals surface area contributed by atoms with E-state index in [0.717, 1.165) is 16.9 Å². The van der Waals surface area contributed by atoms with Crippen LogP contribution in [0.5, 0.6) is 0 Å². The average Bonchev–Trinajstić information content (AvgIpc) is 2.80. The second-order valence-electron chi connectivity index (χ2n) is 8.26. The number of benzene rings is 2. The monoisotopic (exact) mass is 322 g/mol. The van der Waals surface area contributed by atoms with Gasteiger partial charge in [0.1, 0.15) is 0 Å². The molecular formula is C22H23Cl. The lowest BCUT2D eigenvalue weighted by atomic mass is 9.54. The topological polar surface area (TPSA) is 0 Å². The van der Waals surface area contributed by atoms with Crippen LogP contribution < -0.4 is 0 Å². The summed E-state index contributed by atoms with van der Waals surface area (Å²) in [6.07, 6.45) is 4.19. The summed E-state index contributed by atoms with van der Waals surface area (Å²) in [5.41, 5.74) is 4.04. The number of hydrogen-bond donors (Lipinski definition) is 0. The maximum Gasteiger partial charge on any atom is 0.0406 e. The summed E-state index contributed by atoms with van der Waals surface area (Å²) in [7, 11) is 0. The molecule has 0 amide bonds. The fourth-order valence-corrected chi connectivity index (χ4v) is 7.50. The molecule has 0 spiro atoms. The Hall–Kier alpha value is -1.27. The van der Waals surface area contributed by atoms with Gasteiger partial charge < -0.3 is 0 Å². The fraction of sp³-hybridized carbons (Fsp3) is 0.455. The minimum Gasteiger partial charge on any atom is -0.0843 e. The van der Waals surface area contributed by atoms with Gasteiger partial charge in [0.05, 0.1) is 0 Å². The van der Waals surface area contributed by atoms with E-state index in [9.17, 15) is 0 Å². The van der Waals surface area contributed by atoms with Gasteiger partial charge in [-0.3, -0.25) is 0 Å². The number of halogens is 1. The lowest BCUT2D eigenvalue weighted by Crippen LogP contribution is -2.49. The molecule has 0 heterocycles. The Morgan fingerprint density at radius 3 is 1.87 bits per heavy atom. The zero-order valence-electron chi connectivity index (χ0n) is 13.9. The first-order valence-electron chi connectivity index (χ1n) is 8.90. The number of hydrogen-bond acceptors (Lipinski definition) is 0. The summed E-state index contributed by atoms with van der Waals surface area (Å²) in [4.78, 5) is 0. The van der Waals surface area contributed by atoms with Crippen molar-refractivity contribution in [3.05, 3.63) is 70.7 Å². The quantitative estimate of drug-likeness (QED) is 0.637. The third-order valence-electron chi connectivity index (χ3n) is 7.69. The zero-order valence-corrected chi connectivity index (χ0v) is 14.6. The van der Waals surface area contributed by atoms with Gasteiger partial charge in [0.2, 0.25) is 0 Å². The Morgan fingerprint density at radius 2 is 1.30 bits per heavy atom. The first-order valence-corrected chi connectivity index (χ1v) is 9.28. The van der Waals surface area contributed by atoms with Gasteiger partial charge >= 0.3 is 0 Å². The van der Waals surface area contributed by atoms with Crippen molar-refractivity contribution in [1.29, 1.82) is 0 Å². The summed E-state index contributed by atoms with van der Waals surface area (Å²) in [5, 5.41) is 0.844. The van der Waals surface area contributed by atoms with Crippen LogP contribution in [0.25, 0.3) is 0 Å². The fourth-order valence-electron chi connectivity index (χ4n) is 7.37. The number of fused-ring (bicyclic) bond motifs is 4. The Bertz CT molecular complexity index is 760. The molecule has 0 saturated heterocycles. The van der Waals surface area contributed by atoms with E-state index in [1.165, 1.54) is 24.8 Å². The van der Waals surface area contributed by atoms with Crippen LogP contribution >= 0.6 is 11.6 Å². The summed E-state index contributed by atoms with van der Waals surface area (Å²) < 4.78 is 0. The van der Waals surface area contributed by atoms with Gasteiger partial charge in [-0.25, -0.2) is 0 Å². The molecule has 0 N–H and O–H groups in total. The Kier molecular flexibility index (Phi) is 2.59. The lowest BCUT2D eigenvalue weighted by Gasteiger charge is -2.49. The minimum atomic E-state index is 0.313. The first-order chi connectivity index (χ1) is 11.1. The summed E-state index contributed by atoms with van der Waals surface area (Å²) in [5.74, 6) is 1.70. The standard InChI is InChI=1S/C22H23Cl/c1-20(2)21(15-7-4-3-5-8-15)18-9-6-10-19(18)22(20,21)16-11-13-17(23)14-12-16/h3-5,7-8,11-14,18-19H,6,9-10H2,1-2H3/t18-,19+,21-,22+/m0/s1. The van der Waals surface area contributed by atoms with Crippen molar-refractivity contribution in [2.45, 2.75) is 43.9 Å². The van der Waals surface area contributed by atoms with Crippen LogP contribution in [-0.2, 0) is 10.8 Å². The molecule has 5 rings (SSSR count). The van der Waals surface area contributed by atoms with E-state index < -0.39 is 0 Å². The largest absolute Gasteiger partial charge is 0.0843 e. The van der Waals surface area contributed by atoms with Crippen molar-refractivity contribution in [2.24, 2.45) is 17.3 Å². The molecule has 2 aromatic carbocycles. The van der Waals surface area contributed by atoms with Gasteiger partial charge in [-0.1, -0.05) is 74.3 Å². The molecule has 118 valence electrons. The van der Waals surface area contributed by atoms with Crippen molar-refractivity contribution >= 4 is 11.6 Å². The molecule has 0 bridgehead atoms. The SMILES string of the molecule is CC1(C)[C@]2(c3ccccc3)[C@H]3CCC[C@H]3[C@]12c1ccc(Cl)cc1. The smallest absolute Gasteiger partial charge is 0.0406 e. The molecule has 0 aliphatic heterocycles. The highest BCUT2D eigenvalue weighted by Crippen LogP contribution is 2.94. The van der Waals surface area contributed by atoms with Crippen LogP contribution in [0.15, 0.2) is 54.6 Å². The highest BCUT2D eigenvalue weighted by Gasteiger charge is 2.95. The van der Waals surface area contributed by atoms with Crippen LogP contribution in [-0.4, -0.2) is 0 Å². The normalized spacial score (nSPS) is 39.3. The van der Waals surface area contributed by atoms with E-state index in [2.05, 4.69) is 68.4 Å².